The molecule has 0 aliphatic carbocycles. The number of aromatic nitrogens is 4. The van der Waals surface area contributed by atoms with E-state index in [1.807, 2.05) is 24.3 Å². The Kier molecular flexibility index (Phi) is 7.93. The molecule has 0 atom stereocenters. The molecule has 0 fully saturated rings. The molecule has 0 spiro atoms. The van der Waals surface area contributed by atoms with E-state index in [0.717, 1.165) is 71.9 Å². The van der Waals surface area contributed by atoms with Crippen LogP contribution in [0.1, 0.15) is 5.56 Å². The summed E-state index contributed by atoms with van der Waals surface area (Å²) in [7, 11) is 0. The third kappa shape index (κ3) is 5.46. The molecule has 8 aromatic carbocycles. The van der Waals surface area contributed by atoms with Gasteiger partial charge in [-0.25, -0.2) is 9.97 Å². The lowest BCUT2D eigenvalue weighted by atomic mass is 9.93. The van der Waals surface area contributed by atoms with Crippen LogP contribution in [0.25, 0.3) is 106 Å². The summed E-state index contributed by atoms with van der Waals surface area (Å²) < 4.78 is 4.58. The highest BCUT2D eigenvalue weighted by molar-refractivity contribution is 6.12. The third-order valence-electron chi connectivity index (χ3n) is 11.3. The quantitative estimate of drug-likeness (QED) is 0.153. The molecular formula is C54H36N4. The highest BCUT2D eigenvalue weighted by Gasteiger charge is 2.20. The number of para-hydroxylation sites is 4. The fourth-order valence-electron chi connectivity index (χ4n) is 8.66. The molecule has 3 heterocycles. The van der Waals surface area contributed by atoms with Crippen molar-refractivity contribution in [2.75, 3.05) is 0 Å². The predicted molar refractivity (Wildman–Crippen MR) is 244 cm³/mol. The van der Waals surface area contributed by atoms with E-state index in [-0.39, 0.29) is 0 Å². The number of nitrogens with zero attached hydrogens (tertiary/aromatic N) is 4. The zero-order valence-corrected chi connectivity index (χ0v) is 31.6. The first kappa shape index (κ1) is 33.5. The SMILES string of the molecule is C=C/C=C\c1cc2c(cc1-c1cccc(-c3ccc4c(c3)c3ccccc3n4-c3ccccc3)c1)c1ccccc1n2-c1nc(-c2ccccc2)c2ccccc2n1. The van der Waals surface area contributed by atoms with Crippen molar-refractivity contribution < 1.29 is 0 Å². The lowest BCUT2D eigenvalue weighted by Gasteiger charge is -2.13. The average molecular weight is 741 g/mol. The van der Waals surface area contributed by atoms with Crippen molar-refractivity contribution in [3.8, 4) is 45.1 Å². The lowest BCUT2D eigenvalue weighted by molar-refractivity contribution is 1.01. The summed E-state index contributed by atoms with van der Waals surface area (Å²) in [5.41, 5.74) is 14.2. The topological polar surface area (TPSA) is 35.6 Å². The molecule has 58 heavy (non-hydrogen) atoms. The van der Waals surface area contributed by atoms with Gasteiger partial charge in [0, 0.05) is 38.2 Å². The van der Waals surface area contributed by atoms with Crippen molar-refractivity contribution >= 4 is 60.6 Å². The van der Waals surface area contributed by atoms with Gasteiger partial charge < -0.3 is 4.57 Å². The van der Waals surface area contributed by atoms with Crippen molar-refractivity contribution in [2.45, 2.75) is 0 Å². The predicted octanol–water partition coefficient (Wildman–Crippen LogP) is 14.0. The minimum Gasteiger partial charge on any atom is -0.309 e. The van der Waals surface area contributed by atoms with Crippen LogP contribution in [0, 0.1) is 0 Å². The summed E-state index contributed by atoms with van der Waals surface area (Å²) in [6.07, 6.45) is 6.00. The zero-order valence-electron chi connectivity index (χ0n) is 31.6. The summed E-state index contributed by atoms with van der Waals surface area (Å²) in [4.78, 5) is 10.5. The van der Waals surface area contributed by atoms with E-state index in [0.29, 0.717) is 5.95 Å². The number of fused-ring (bicyclic) bond motifs is 7. The van der Waals surface area contributed by atoms with E-state index in [1.165, 1.54) is 27.4 Å². The molecule has 0 saturated carbocycles. The maximum absolute atomic E-state index is 5.31. The molecule has 272 valence electrons. The summed E-state index contributed by atoms with van der Waals surface area (Å²) in [6, 6.07) is 66.9. The Labute approximate surface area is 335 Å². The molecule has 0 aliphatic rings. The first-order valence-corrected chi connectivity index (χ1v) is 19.6. The highest BCUT2D eigenvalue weighted by atomic mass is 15.2. The van der Waals surface area contributed by atoms with Crippen LogP contribution < -0.4 is 0 Å². The fourth-order valence-corrected chi connectivity index (χ4v) is 8.66. The normalized spacial score (nSPS) is 11.8. The van der Waals surface area contributed by atoms with Crippen molar-refractivity contribution in [3.05, 3.63) is 212 Å². The van der Waals surface area contributed by atoms with Crippen LogP contribution in [0.15, 0.2) is 207 Å². The molecule has 0 unspecified atom stereocenters. The number of allylic oxidation sites excluding steroid dienone is 2. The van der Waals surface area contributed by atoms with E-state index in [9.17, 15) is 0 Å². The standard InChI is InChI=1S/C54H36N4/c1-2-3-17-40-34-52-47(43-25-12-15-29-50(43)58(52)54-55-48-27-13-10-26-44(48)53(56-54)36-18-6-4-7-19-36)35-45(40)39-21-16-20-37(32-39)38-30-31-51-46(33-38)42-24-11-14-28-49(42)57(51)41-22-8-5-9-23-41/h2-35H,1H2/b17-3-. The van der Waals surface area contributed by atoms with Crippen LogP contribution in [0.3, 0.4) is 0 Å². The van der Waals surface area contributed by atoms with Gasteiger partial charge in [-0.1, -0.05) is 152 Å². The molecule has 0 saturated heterocycles. The van der Waals surface area contributed by atoms with Crippen LogP contribution in [-0.2, 0) is 0 Å². The van der Waals surface area contributed by atoms with Crippen molar-refractivity contribution in [2.24, 2.45) is 0 Å². The molecule has 4 heteroatoms. The Balaban J connectivity index is 1.10. The van der Waals surface area contributed by atoms with Gasteiger partial charge in [-0.2, -0.15) is 0 Å². The van der Waals surface area contributed by atoms with Crippen molar-refractivity contribution in [3.63, 3.8) is 0 Å². The Bertz CT molecular complexity index is 3410. The first-order valence-electron chi connectivity index (χ1n) is 19.6. The van der Waals surface area contributed by atoms with Crippen LogP contribution in [0.2, 0.25) is 0 Å². The van der Waals surface area contributed by atoms with Gasteiger partial charge >= 0.3 is 0 Å². The van der Waals surface area contributed by atoms with E-state index in [1.54, 1.807) is 0 Å². The maximum atomic E-state index is 5.31. The monoisotopic (exact) mass is 740 g/mol. The largest absolute Gasteiger partial charge is 0.309 e. The van der Waals surface area contributed by atoms with Crippen LogP contribution in [-0.4, -0.2) is 19.1 Å². The minimum absolute atomic E-state index is 0.640. The second kappa shape index (κ2) is 13.7. The van der Waals surface area contributed by atoms with Crippen molar-refractivity contribution in [1.82, 2.24) is 19.1 Å². The smallest absolute Gasteiger partial charge is 0.235 e. The van der Waals surface area contributed by atoms with Gasteiger partial charge in [-0.3, -0.25) is 4.57 Å². The second-order valence-electron chi connectivity index (χ2n) is 14.7. The van der Waals surface area contributed by atoms with Crippen LogP contribution >= 0.6 is 0 Å². The Morgan fingerprint density at radius 1 is 0.414 bits per heavy atom. The van der Waals surface area contributed by atoms with E-state index >= 15 is 0 Å². The van der Waals surface area contributed by atoms with Crippen LogP contribution in [0.5, 0.6) is 0 Å². The number of benzene rings is 8. The number of hydrogen-bond acceptors (Lipinski definition) is 2. The molecule has 3 aromatic heterocycles. The highest BCUT2D eigenvalue weighted by Crippen LogP contribution is 2.40. The van der Waals surface area contributed by atoms with Crippen LogP contribution in [0.4, 0.5) is 0 Å². The maximum Gasteiger partial charge on any atom is 0.235 e. The Morgan fingerprint density at radius 3 is 1.79 bits per heavy atom. The Hall–Kier alpha value is -7.82. The van der Waals surface area contributed by atoms with Crippen molar-refractivity contribution in [1.29, 1.82) is 0 Å². The first-order chi connectivity index (χ1) is 28.7. The van der Waals surface area contributed by atoms with E-state index in [2.05, 4.69) is 198 Å². The molecule has 0 radical (unpaired) electrons. The van der Waals surface area contributed by atoms with Gasteiger partial charge in [0.15, 0.2) is 0 Å². The Morgan fingerprint density at radius 2 is 1.02 bits per heavy atom. The minimum atomic E-state index is 0.640. The third-order valence-corrected chi connectivity index (χ3v) is 11.3. The van der Waals surface area contributed by atoms with Gasteiger partial charge in [-0.15, -0.1) is 0 Å². The number of hydrogen-bond donors (Lipinski definition) is 0. The molecule has 0 bridgehead atoms. The average Bonchev–Trinajstić information content (AvgIpc) is 3.80. The molecule has 0 amide bonds. The molecule has 4 nitrogen and oxygen atoms in total. The molecule has 11 rings (SSSR count). The summed E-state index contributed by atoms with van der Waals surface area (Å²) in [5.74, 6) is 0.640. The number of rotatable bonds is 7. The molecule has 0 N–H and O–H groups in total. The van der Waals surface area contributed by atoms with Gasteiger partial charge in [0.25, 0.3) is 0 Å². The fraction of sp³-hybridized carbons (Fsp3) is 0. The molecular weight excluding hydrogens is 705 g/mol. The summed E-state index contributed by atoms with van der Waals surface area (Å²) >= 11 is 0. The molecule has 11 aromatic rings. The van der Waals surface area contributed by atoms with E-state index < -0.39 is 0 Å². The van der Waals surface area contributed by atoms with Gasteiger partial charge in [0.2, 0.25) is 5.95 Å². The zero-order chi connectivity index (χ0) is 38.6. The van der Waals surface area contributed by atoms with Gasteiger partial charge in [0.1, 0.15) is 0 Å². The van der Waals surface area contributed by atoms with E-state index in [4.69, 9.17) is 9.97 Å². The summed E-state index contributed by atoms with van der Waals surface area (Å²) in [6.45, 7) is 4.02. The lowest BCUT2D eigenvalue weighted by Crippen LogP contribution is -2.03. The van der Waals surface area contributed by atoms with Gasteiger partial charge in [-0.05, 0) is 88.5 Å². The molecule has 0 aliphatic heterocycles. The summed E-state index contributed by atoms with van der Waals surface area (Å²) in [5, 5.41) is 5.78. The van der Waals surface area contributed by atoms with Gasteiger partial charge in [0.05, 0.1) is 33.3 Å². The second-order valence-corrected chi connectivity index (χ2v) is 14.7.